The van der Waals surface area contributed by atoms with Crippen molar-refractivity contribution < 1.29 is 5.11 Å². The van der Waals surface area contributed by atoms with Gasteiger partial charge in [-0.3, -0.25) is 5.32 Å². The molecule has 0 spiro atoms. The minimum atomic E-state index is -0.784. The summed E-state index contributed by atoms with van der Waals surface area (Å²) in [5.74, 6) is 0.383. The number of pyridine rings is 1. The molecule has 1 aromatic carbocycles. The van der Waals surface area contributed by atoms with Gasteiger partial charge in [-0.05, 0) is 19.9 Å². The van der Waals surface area contributed by atoms with Gasteiger partial charge in [0.15, 0.2) is 6.19 Å². The zero-order valence-corrected chi connectivity index (χ0v) is 16.1. The molecule has 29 heavy (non-hydrogen) atoms. The maximum atomic E-state index is 10.7. The normalized spacial score (nSPS) is 14.6. The van der Waals surface area contributed by atoms with E-state index < -0.39 is 6.04 Å². The van der Waals surface area contributed by atoms with Crippen molar-refractivity contribution in [3.05, 3.63) is 34.9 Å². The summed E-state index contributed by atoms with van der Waals surface area (Å²) >= 11 is 0. The molecule has 0 fully saturated rings. The molecule has 0 aliphatic carbocycles. The molecular formula is C19H21N9O. The fourth-order valence-electron chi connectivity index (χ4n) is 3.35. The van der Waals surface area contributed by atoms with Crippen LogP contribution in [0.3, 0.4) is 0 Å². The summed E-state index contributed by atoms with van der Waals surface area (Å²) in [5, 5.41) is 34.4. The smallest absolute Gasteiger partial charge is 0.211 e. The van der Waals surface area contributed by atoms with Crippen molar-refractivity contribution >= 4 is 29.0 Å². The second-order valence-corrected chi connectivity index (χ2v) is 6.32. The Labute approximate surface area is 168 Å². The Morgan fingerprint density at radius 3 is 2.59 bits per heavy atom. The summed E-state index contributed by atoms with van der Waals surface area (Å²) in [6, 6.07) is 6.45. The lowest BCUT2D eigenvalue weighted by Crippen LogP contribution is -2.32. The van der Waals surface area contributed by atoms with Crippen LogP contribution in [-0.4, -0.2) is 29.1 Å². The molecule has 1 unspecified atom stereocenters. The molecule has 7 N–H and O–H groups in total. The highest BCUT2D eigenvalue weighted by Gasteiger charge is 2.31. The van der Waals surface area contributed by atoms with E-state index in [-0.39, 0.29) is 34.6 Å². The number of hydrogen-bond acceptors (Lipinski definition) is 10. The van der Waals surface area contributed by atoms with Gasteiger partial charge in [-0.2, -0.15) is 10.5 Å². The first-order chi connectivity index (χ1) is 13.9. The van der Waals surface area contributed by atoms with Crippen LogP contribution in [0.4, 0.5) is 23.0 Å². The lowest BCUT2D eigenvalue weighted by Gasteiger charge is -2.27. The minimum absolute atomic E-state index is 0.0158. The van der Waals surface area contributed by atoms with Crippen molar-refractivity contribution in [1.82, 2.24) is 10.3 Å². The van der Waals surface area contributed by atoms with Gasteiger partial charge in [0.05, 0.1) is 5.69 Å². The summed E-state index contributed by atoms with van der Waals surface area (Å²) in [5.41, 5.74) is 13.9. The summed E-state index contributed by atoms with van der Waals surface area (Å²) < 4.78 is 0. The number of anilines is 4. The molecule has 148 valence electrons. The molecule has 0 saturated heterocycles. The van der Waals surface area contributed by atoms with E-state index in [1.807, 2.05) is 26.0 Å². The van der Waals surface area contributed by atoms with Crippen molar-refractivity contribution in [2.24, 2.45) is 4.99 Å². The summed E-state index contributed by atoms with van der Waals surface area (Å²) in [4.78, 5) is 10.7. The van der Waals surface area contributed by atoms with Gasteiger partial charge < -0.3 is 26.8 Å². The van der Waals surface area contributed by atoms with Gasteiger partial charge in [-0.25, -0.2) is 9.98 Å². The predicted octanol–water partition coefficient (Wildman–Crippen LogP) is 1.61. The number of nitrogen functional groups attached to an aromatic ring is 2. The van der Waals surface area contributed by atoms with Crippen LogP contribution in [0.5, 0.6) is 5.75 Å². The van der Waals surface area contributed by atoms with Gasteiger partial charge in [0, 0.05) is 36.0 Å². The molecule has 10 heteroatoms. The molecular weight excluding hydrogens is 370 g/mol. The molecule has 1 atom stereocenters. The molecule has 1 aliphatic rings. The van der Waals surface area contributed by atoms with Gasteiger partial charge in [0.1, 0.15) is 35.1 Å². The molecule has 0 amide bonds. The zero-order valence-electron chi connectivity index (χ0n) is 16.1. The maximum Gasteiger partial charge on any atom is 0.211 e. The average Bonchev–Trinajstić information content (AvgIpc) is 2.69. The molecule has 0 saturated carbocycles. The van der Waals surface area contributed by atoms with Crippen LogP contribution in [0.25, 0.3) is 0 Å². The number of nitrogens with one attached hydrogen (secondary N) is 2. The highest BCUT2D eigenvalue weighted by molar-refractivity contribution is 5.98. The number of benzene rings is 1. The summed E-state index contributed by atoms with van der Waals surface area (Å²) in [6.45, 7) is 5.65. The number of fused-ring (bicyclic) bond motifs is 1. The lowest BCUT2D eigenvalue weighted by molar-refractivity contribution is 0.465. The van der Waals surface area contributed by atoms with Crippen molar-refractivity contribution in [2.45, 2.75) is 19.9 Å². The zero-order chi connectivity index (χ0) is 21.1. The first-order valence-electron chi connectivity index (χ1n) is 9.01. The third-order valence-electron chi connectivity index (χ3n) is 4.79. The van der Waals surface area contributed by atoms with E-state index in [0.717, 1.165) is 18.8 Å². The van der Waals surface area contributed by atoms with E-state index in [2.05, 4.69) is 25.5 Å². The number of rotatable bonds is 4. The van der Waals surface area contributed by atoms with Crippen LogP contribution in [0.15, 0.2) is 23.2 Å². The second-order valence-electron chi connectivity index (χ2n) is 6.32. The van der Waals surface area contributed by atoms with Crippen molar-refractivity contribution in [1.29, 1.82) is 10.5 Å². The number of phenols is 1. The van der Waals surface area contributed by atoms with E-state index in [1.165, 1.54) is 0 Å². The van der Waals surface area contributed by atoms with E-state index in [1.54, 1.807) is 18.3 Å². The van der Waals surface area contributed by atoms with E-state index >= 15 is 0 Å². The van der Waals surface area contributed by atoms with Crippen LogP contribution in [0.2, 0.25) is 0 Å². The number of aliphatic imine (C=N–C) groups is 1. The number of guanidine groups is 1. The standard InChI is InChI=1S/C19H21N9O/c1-3-28(4-2)10-5-6-11(13(29)7-10)16-14-15(22)12(8-20)17(23)26-18(14)27-19(25-16)24-9-21/h5-7,16,29H,3-4H2,1-2H3,(H6,22,23,24,25,26,27). The molecule has 1 aliphatic heterocycles. The number of hydrogen-bond donors (Lipinski definition) is 5. The molecule has 0 radical (unpaired) electrons. The van der Waals surface area contributed by atoms with E-state index in [0.29, 0.717) is 11.1 Å². The van der Waals surface area contributed by atoms with Gasteiger partial charge in [0.2, 0.25) is 5.96 Å². The first-order valence-corrected chi connectivity index (χ1v) is 9.01. The van der Waals surface area contributed by atoms with Gasteiger partial charge in [-0.1, -0.05) is 6.07 Å². The highest BCUT2D eigenvalue weighted by Crippen LogP contribution is 2.43. The average molecular weight is 391 g/mol. The number of aromatic hydroxyl groups is 1. The quantitative estimate of drug-likeness (QED) is 0.383. The minimum Gasteiger partial charge on any atom is -0.507 e. The SMILES string of the molecule is CCN(CC)c1ccc(C2N=C(NC#N)Nc3nc(N)c(C#N)c(N)c32)c(O)c1. The Hall–Kier alpha value is -4.18. The van der Waals surface area contributed by atoms with Crippen molar-refractivity contribution in [3.63, 3.8) is 0 Å². The third kappa shape index (κ3) is 3.39. The van der Waals surface area contributed by atoms with Crippen LogP contribution < -0.4 is 27.0 Å². The first kappa shape index (κ1) is 19.6. The highest BCUT2D eigenvalue weighted by atomic mass is 16.3. The monoisotopic (exact) mass is 391 g/mol. The van der Waals surface area contributed by atoms with Crippen LogP contribution >= 0.6 is 0 Å². The van der Waals surface area contributed by atoms with Crippen molar-refractivity contribution in [3.8, 4) is 18.0 Å². The van der Waals surface area contributed by atoms with Gasteiger partial charge in [-0.15, -0.1) is 0 Å². The third-order valence-corrected chi connectivity index (χ3v) is 4.79. The summed E-state index contributed by atoms with van der Waals surface area (Å²) in [7, 11) is 0. The van der Waals surface area contributed by atoms with Crippen molar-refractivity contribution in [2.75, 3.05) is 34.8 Å². The molecule has 0 bridgehead atoms. The topological polar surface area (TPSA) is 172 Å². The van der Waals surface area contributed by atoms with E-state index in [9.17, 15) is 10.4 Å². The Kier molecular flexibility index (Phi) is 5.28. The molecule has 2 aromatic rings. The molecule has 2 heterocycles. The second kappa shape index (κ2) is 7.82. The number of phenolic OH excluding ortho intramolecular Hbond substituents is 1. The molecule has 1 aromatic heterocycles. The Morgan fingerprint density at radius 2 is 2.00 bits per heavy atom. The van der Waals surface area contributed by atoms with Gasteiger partial charge >= 0.3 is 0 Å². The van der Waals surface area contributed by atoms with Crippen LogP contribution in [0, 0.1) is 22.8 Å². The lowest BCUT2D eigenvalue weighted by atomic mass is 9.94. The van der Waals surface area contributed by atoms with Gasteiger partial charge in [0.25, 0.3) is 0 Å². The predicted molar refractivity (Wildman–Crippen MR) is 111 cm³/mol. The van der Waals surface area contributed by atoms with Crippen LogP contribution in [0.1, 0.15) is 36.6 Å². The molecule has 10 nitrogen and oxygen atoms in total. The Bertz CT molecular complexity index is 1060. The van der Waals surface area contributed by atoms with Crippen LogP contribution in [-0.2, 0) is 0 Å². The number of nitrogens with zero attached hydrogens (tertiary/aromatic N) is 5. The summed E-state index contributed by atoms with van der Waals surface area (Å²) in [6.07, 6.45) is 1.79. The number of nitrogens with two attached hydrogens (primary N) is 2. The Balaban J connectivity index is 2.19. The largest absolute Gasteiger partial charge is 0.507 e. The molecule has 3 rings (SSSR count). The fraction of sp³-hybridized carbons (Fsp3) is 0.263. The maximum absolute atomic E-state index is 10.7. The van der Waals surface area contributed by atoms with E-state index in [4.69, 9.17) is 16.7 Å². The Morgan fingerprint density at radius 1 is 1.28 bits per heavy atom. The number of aromatic nitrogens is 1. The number of nitriles is 2. The fourth-order valence-corrected chi connectivity index (χ4v) is 3.35.